The molecular weight excluding hydrogens is 799 g/mol. The quantitative estimate of drug-likeness (QED) is 0.109. The number of nitrogens with one attached hydrogen (secondary N) is 4. The highest BCUT2D eigenvalue weighted by Gasteiger charge is 2.43. The molecule has 4 aromatic rings. The molecule has 2 aromatic carbocycles. The second-order valence-electron chi connectivity index (χ2n) is 19.0. The minimum Gasteiger partial charge on any atom is -0.453 e. The summed E-state index contributed by atoms with van der Waals surface area (Å²) in [4.78, 5) is 75.4. The van der Waals surface area contributed by atoms with Crippen LogP contribution in [0.15, 0.2) is 67.0 Å². The number of hydrogen-bond donors (Lipinski definition) is 5. The van der Waals surface area contributed by atoms with E-state index in [4.69, 9.17) is 14.7 Å². The molecule has 336 valence electrons. The number of carbonyl (C=O) groups is 4. The molecule has 15 nitrogen and oxygen atoms in total. The molecule has 8 rings (SSSR count). The van der Waals surface area contributed by atoms with E-state index < -0.39 is 24.3 Å². The molecule has 0 unspecified atom stereocenters. The van der Waals surface area contributed by atoms with Crippen LogP contribution < -0.4 is 10.6 Å². The van der Waals surface area contributed by atoms with Crippen molar-refractivity contribution in [3.8, 4) is 11.3 Å². The van der Waals surface area contributed by atoms with Gasteiger partial charge in [0, 0.05) is 43.5 Å². The molecule has 3 saturated heterocycles. The topological polar surface area (TPSA) is 189 Å². The van der Waals surface area contributed by atoms with Gasteiger partial charge in [0.1, 0.15) is 23.7 Å². The van der Waals surface area contributed by atoms with Crippen LogP contribution in [0.4, 0.5) is 9.59 Å². The highest BCUT2D eigenvalue weighted by atomic mass is 16.5. The maximum absolute atomic E-state index is 14.4. The van der Waals surface area contributed by atoms with Crippen molar-refractivity contribution in [1.29, 1.82) is 0 Å². The predicted molar refractivity (Wildman–Crippen MR) is 237 cm³/mol. The van der Waals surface area contributed by atoms with Gasteiger partial charge in [0.15, 0.2) is 0 Å². The fraction of sp³-hybridized carbons (Fsp3) is 0.542. The Labute approximate surface area is 369 Å². The second kappa shape index (κ2) is 18.2. The van der Waals surface area contributed by atoms with E-state index in [-0.39, 0.29) is 53.2 Å². The molecule has 0 bridgehead atoms. The van der Waals surface area contributed by atoms with E-state index in [0.717, 1.165) is 85.5 Å². The minimum absolute atomic E-state index is 0.00531. The van der Waals surface area contributed by atoms with Crippen molar-refractivity contribution >= 4 is 23.9 Å². The zero-order chi connectivity index (χ0) is 44.5. The molecule has 63 heavy (non-hydrogen) atoms. The van der Waals surface area contributed by atoms with E-state index in [1.54, 1.807) is 4.90 Å². The molecular formula is C48H63N9O6. The van der Waals surface area contributed by atoms with E-state index in [1.165, 1.54) is 12.7 Å². The number of β-amino-alcohol motifs (C(OH)–C–C–N with tert-alkyl or cyclic N) is 1. The van der Waals surface area contributed by atoms with Crippen LogP contribution in [0.3, 0.4) is 0 Å². The van der Waals surface area contributed by atoms with Gasteiger partial charge in [-0.3, -0.25) is 9.59 Å². The number of H-pyrrole nitrogens is 2. The SMILES string of the molecule is COC(=O)N[C@H](C(=O)N1CCC[C@H]1c1ncc(-c2ccc(C3(C)CCC(C)(c4cnc([C@@H]5CCCN5C(=O)[C@H](NC(=O)N5CC[C@@H](O)C5)c5ccccc5)[nH]4)CC3)cc2)[nH]1)C(C)C. The summed E-state index contributed by atoms with van der Waals surface area (Å²) in [6.07, 6.45) is 10.4. The smallest absolute Gasteiger partial charge is 0.407 e. The molecule has 2 aromatic heterocycles. The van der Waals surface area contributed by atoms with Crippen LogP contribution in [0.5, 0.6) is 0 Å². The lowest BCUT2D eigenvalue weighted by Crippen LogP contribution is -2.51. The summed E-state index contributed by atoms with van der Waals surface area (Å²) in [5.41, 5.74) is 4.92. The molecule has 3 aliphatic heterocycles. The average Bonchev–Trinajstić information content (AvgIpc) is 4.15. The number of aromatic nitrogens is 4. The van der Waals surface area contributed by atoms with Gasteiger partial charge >= 0.3 is 12.1 Å². The second-order valence-corrected chi connectivity index (χ2v) is 19.0. The number of benzene rings is 2. The molecule has 5 heterocycles. The van der Waals surface area contributed by atoms with Crippen molar-refractivity contribution < 1.29 is 29.0 Å². The number of aromatic amines is 2. The van der Waals surface area contributed by atoms with Crippen LogP contribution in [0.2, 0.25) is 0 Å². The summed E-state index contributed by atoms with van der Waals surface area (Å²) in [5.74, 6) is 1.13. The molecule has 4 aliphatic rings. The number of rotatable bonds is 11. The van der Waals surface area contributed by atoms with Crippen LogP contribution >= 0.6 is 0 Å². The number of amides is 5. The standard InChI is InChI=1S/C48H63N9O6/c1-30(2)39(54-46(62)63-5)43(59)56-24-9-13-36(56)41-49-27-35(51-41)31-15-17-33(18-16-31)47(3)20-22-48(4,23-21-47)38-28-50-42(52-38)37-14-10-25-57(37)44(60)40(32-11-7-6-8-12-32)53-45(61)55-26-19-34(58)29-55/h6-8,11-12,15-18,27-28,30,34,36-37,39-40,58H,9-10,13-14,19-26,29H2,1-5H3,(H,49,51)(H,50,52)(H,53,61)(H,54,62)/t34-,36+,37+,39+,40-,47?,48?/m1/s1. The fourth-order valence-electron chi connectivity index (χ4n) is 10.2. The van der Waals surface area contributed by atoms with E-state index in [9.17, 15) is 24.3 Å². The van der Waals surface area contributed by atoms with E-state index in [0.29, 0.717) is 26.1 Å². The predicted octanol–water partition coefficient (Wildman–Crippen LogP) is 6.81. The minimum atomic E-state index is -0.854. The maximum Gasteiger partial charge on any atom is 0.407 e. The number of likely N-dealkylation sites (tertiary alicyclic amines) is 3. The summed E-state index contributed by atoms with van der Waals surface area (Å²) in [7, 11) is 1.30. The third-order valence-corrected chi connectivity index (χ3v) is 14.4. The molecule has 0 radical (unpaired) electrons. The Balaban J connectivity index is 0.905. The van der Waals surface area contributed by atoms with Crippen molar-refractivity contribution in [2.45, 2.75) is 127 Å². The highest BCUT2D eigenvalue weighted by Crippen LogP contribution is 2.48. The number of aliphatic hydroxyl groups excluding tert-OH is 1. The molecule has 5 N–H and O–H groups in total. The van der Waals surface area contributed by atoms with Crippen LogP contribution in [-0.4, -0.2) is 109 Å². The summed E-state index contributed by atoms with van der Waals surface area (Å²) in [6.45, 7) is 10.4. The van der Waals surface area contributed by atoms with Crippen molar-refractivity contribution in [1.82, 2.24) is 45.3 Å². The van der Waals surface area contributed by atoms with Gasteiger partial charge in [-0.25, -0.2) is 19.6 Å². The van der Waals surface area contributed by atoms with Crippen molar-refractivity contribution in [3.63, 3.8) is 0 Å². The molecule has 4 fully saturated rings. The fourth-order valence-corrected chi connectivity index (χ4v) is 10.2. The number of hydrogen-bond acceptors (Lipinski definition) is 8. The van der Waals surface area contributed by atoms with Crippen molar-refractivity contribution in [3.05, 3.63) is 95.5 Å². The Morgan fingerprint density at radius 2 is 1.40 bits per heavy atom. The number of urea groups is 1. The molecule has 15 heteroatoms. The van der Waals surface area contributed by atoms with Crippen LogP contribution in [-0.2, 0) is 25.2 Å². The average molecular weight is 862 g/mol. The molecule has 5 atom stereocenters. The molecule has 1 aliphatic carbocycles. The summed E-state index contributed by atoms with van der Waals surface area (Å²) in [6, 6.07) is 15.8. The molecule has 1 saturated carbocycles. The lowest BCUT2D eigenvalue weighted by atomic mass is 9.62. The highest BCUT2D eigenvalue weighted by molar-refractivity contribution is 5.89. The van der Waals surface area contributed by atoms with Crippen molar-refractivity contribution in [2.24, 2.45) is 5.92 Å². The van der Waals surface area contributed by atoms with Gasteiger partial charge in [-0.2, -0.15) is 0 Å². The number of aliphatic hydroxyl groups is 1. The number of imidazole rings is 2. The zero-order valence-corrected chi connectivity index (χ0v) is 37.2. The monoisotopic (exact) mass is 861 g/mol. The Hall–Kier alpha value is -5.70. The normalized spacial score (nSPS) is 25.9. The number of ether oxygens (including phenoxy) is 1. The number of nitrogens with zero attached hydrogens (tertiary/aromatic N) is 5. The number of methoxy groups -OCH3 is 1. The summed E-state index contributed by atoms with van der Waals surface area (Å²) >= 11 is 0. The van der Waals surface area contributed by atoms with Gasteiger partial charge in [-0.05, 0) is 85.8 Å². The number of alkyl carbamates (subject to hydrolysis) is 1. The Bertz CT molecular complexity index is 2250. The van der Waals surface area contributed by atoms with Gasteiger partial charge < -0.3 is 45.1 Å². The van der Waals surface area contributed by atoms with Gasteiger partial charge in [-0.1, -0.05) is 82.3 Å². The lowest BCUT2D eigenvalue weighted by molar-refractivity contribution is -0.135. The lowest BCUT2D eigenvalue weighted by Gasteiger charge is -2.43. The largest absolute Gasteiger partial charge is 0.453 e. The van der Waals surface area contributed by atoms with Crippen LogP contribution in [0.25, 0.3) is 11.3 Å². The first-order valence-electron chi connectivity index (χ1n) is 22.7. The Morgan fingerprint density at radius 1 is 0.778 bits per heavy atom. The third kappa shape index (κ3) is 9.07. The van der Waals surface area contributed by atoms with Crippen LogP contribution in [0, 0.1) is 5.92 Å². The summed E-state index contributed by atoms with van der Waals surface area (Å²) in [5, 5.41) is 15.7. The van der Waals surface area contributed by atoms with Crippen LogP contribution in [0.1, 0.15) is 132 Å². The third-order valence-electron chi connectivity index (χ3n) is 14.4. The van der Waals surface area contributed by atoms with Gasteiger partial charge in [0.05, 0.1) is 37.2 Å². The van der Waals surface area contributed by atoms with Gasteiger partial charge in [0.25, 0.3) is 0 Å². The number of carbonyl (C=O) groups excluding carboxylic acids is 4. The van der Waals surface area contributed by atoms with Gasteiger partial charge in [0.2, 0.25) is 11.8 Å². The molecule has 0 spiro atoms. The molecule has 5 amide bonds. The first kappa shape index (κ1) is 43.9. The van der Waals surface area contributed by atoms with E-state index in [2.05, 4.69) is 58.7 Å². The Morgan fingerprint density at radius 3 is 2.02 bits per heavy atom. The van der Waals surface area contributed by atoms with Gasteiger partial charge in [-0.15, -0.1) is 0 Å². The van der Waals surface area contributed by atoms with E-state index >= 15 is 0 Å². The Kier molecular flexibility index (Phi) is 12.7. The first-order chi connectivity index (χ1) is 30.3. The van der Waals surface area contributed by atoms with Crippen molar-refractivity contribution in [2.75, 3.05) is 33.3 Å². The van der Waals surface area contributed by atoms with E-state index in [1.807, 2.05) is 66.4 Å². The first-order valence-corrected chi connectivity index (χ1v) is 22.7. The zero-order valence-electron chi connectivity index (χ0n) is 37.2. The maximum atomic E-state index is 14.4. The summed E-state index contributed by atoms with van der Waals surface area (Å²) < 4.78 is 4.78.